The van der Waals surface area contributed by atoms with E-state index >= 15 is 0 Å². The Balaban J connectivity index is 1.50. The topological polar surface area (TPSA) is 43.8 Å². The minimum atomic E-state index is 0.0925. The number of halogens is 1. The number of hydrogen-bond donors (Lipinski definition) is 1. The van der Waals surface area contributed by atoms with Crippen molar-refractivity contribution in [3.63, 3.8) is 0 Å². The van der Waals surface area contributed by atoms with E-state index in [-0.39, 0.29) is 12.5 Å². The third-order valence-electron chi connectivity index (χ3n) is 4.44. The molecule has 1 aliphatic heterocycles. The monoisotopic (exact) mass is 390 g/mol. The molecule has 0 unspecified atom stereocenters. The summed E-state index contributed by atoms with van der Waals surface area (Å²) in [7, 11) is 0. The zero-order chi connectivity index (χ0) is 18.4. The summed E-state index contributed by atoms with van der Waals surface area (Å²) in [5.41, 5.74) is 1.97. The van der Waals surface area contributed by atoms with Gasteiger partial charge in [-0.1, -0.05) is 23.7 Å². The minimum Gasteiger partial charge on any atom is -0.396 e. The van der Waals surface area contributed by atoms with Crippen LogP contribution in [0.2, 0.25) is 5.02 Å². The van der Waals surface area contributed by atoms with Crippen molar-refractivity contribution in [2.75, 3.05) is 38.5 Å². The molecule has 26 heavy (non-hydrogen) atoms. The van der Waals surface area contributed by atoms with Crippen LogP contribution in [0.25, 0.3) is 0 Å². The van der Waals surface area contributed by atoms with Gasteiger partial charge in [0.05, 0.1) is 6.61 Å². The lowest BCUT2D eigenvalue weighted by atomic mass is 10.1. The van der Waals surface area contributed by atoms with E-state index in [1.807, 2.05) is 41.3 Å². The zero-order valence-corrected chi connectivity index (χ0v) is 16.2. The Hall–Kier alpha value is -1.53. The molecule has 4 nitrogen and oxygen atoms in total. The van der Waals surface area contributed by atoms with E-state index in [0.29, 0.717) is 5.75 Å². The molecule has 1 N–H and O–H groups in total. The number of thioether (sulfide) groups is 1. The first-order valence-electron chi connectivity index (χ1n) is 8.75. The Morgan fingerprint density at radius 2 is 1.65 bits per heavy atom. The van der Waals surface area contributed by atoms with Gasteiger partial charge in [0.25, 0.3) is 5.91 Å². The average molecular weight is 391 g/mol. The highest BCUT2D eigenvalue weighted by Gasteiger charge is 2.22. The largest absolute Gasteiger partial charge is 0.396 e. The van der Waals surface area contributed by atoms with Crippen LogP contribution in [0.1, 0.15) is 15.9 Å². The number of aliphatic hydroxyl groups is 1. The second kappa shape index (κ2) is 9.42. The van der Waals surface area contributed by atoms with Gasteiger partial charge in [0.2, 0.25) is 0 Å². The predicted molar refractivity (Wildman–Crippen MR) is 107 cm³/mol. The first-order valence-corrected chi connectivity index (χ1v) is 10.1. The van der Waals surface area contributed by atoms with Crippen molar-refractivity contribution in [2.45, 2.75) is 11.4 Å². The van der Waals surface area contributed by atoms with Crippen LogP contribution in [0.5, 0.6) is 0 Å². The molecule has 1 aliphatic rings. The molecule has 1 heterocycles. The summed E-state index contributed by atoms with van der Waals surface area (Å²) in [6.45, 7) is 4.28. The summed E-state index contributed by atoms with van der Waals surface area (Å²) in [5, 5.41) is 9.63. The fourth-order valence-corrected chi connectivity index (χ4v) is 3.78. The smallest absolute Gasteiger partial charge is 0.253 e. The summed E-state index contributed by atoms with van der Waals surface area (Å²) >= 11 is 7.52. The van der Waals surface area contributed by atoms with Crippen LogP contribution in [0.3, 0.4) is 0 Å². The van der Waals surface area contributed by atoms with Gasteiger partial charge in [0.15, 0.2) is 0 Å². The van der Waals surface area contributed by atoms with Crippen LogP contribution in [0.4, 0.5) is 0 Å². The molecule has 0 aromatic heterocycles. The standard InChI is InChI=1S/C20H23ClN2O2S/c21-18-5-1-16(2-6-18)15-22-9-11-23(12-10-22)20(25)17-3-7-19(8-4-17)26-14-13-24/h1-8,24H,9-15H2. The van der Waals surface area contributed by atoms with Crippen molar-refractivity contribution in [3.8, 4) is 0 Å². The number of piperazine rings is 1. The first kappa shape index (κ1) is 19.2. The van der Waals surface area contributed by atoms with Crippen molar-refractivity contribution in [3.05, 3.63) is 64.7 Å². The highest BCUT2D eigenvalue weighted by Crippen LogP contribution is 2.19. The molecule has 1 amide bonds. The van der Waals surface area contributed by atoms with E-state index in [0.717, 1.165) is 48.2 Å². The Morgan fingerprint density at radius 1 is 1.00 bits per heavy atom. The molecule has 0 atom stereocenters. The number of aliphatic hydroxyl groups excluding tert-OH is 1. The maximum Gasteiger partial charge on any atom is 0.253 e. The molecule has 1 fully saturated rings. The maximum atomic E-state index is 12.7. The molecule has 0 aliphatic carbocycles. The highest BCUT2D eigenvalue weighted by molar-refractivity contribution is 7.99. The van der Waals surface area contributed by atoms with Crippen LogP contribution in [-0.4, -0.2) is 59.4 Å². The van der Waals surface area contributed by atoms with Gasteiger partial charge in [0.1, 0.15) is 0 Å². The normalized spacial score (nSPS) is 15.2. The number of rotatable bonds is 6. The summed E-state index contributed by atoms with van der Waals surface area (Å²) < 4.78 is 0. The van der Waals surface area contributed by atoms with Gasteiger partial charge in [-0.25, -0.2) is 0 Å². The van der Waals surface area contributed by atoms with E-state index in [4.69, 9.17) is 16.7 Å². The molecule has 2 aromatic carbocycles. The first-order chi connectivity index (χ1) is 12.7. The van der Waals surface area contributed by atoms with Crippen LogP contribution >= 0.6 is 23.4 Å². The lowest BCUT2D eigenvalue weighted by Crippen LogP contribution is -2.48. The van der Waals surface area contributed by atoms with Crippen molar-refractivity contribution < 1.29 is 9.90 Å². The van der Waals surface area contributed by atoms with Gasteiger partial charge in [0, 0.05) is 54.0 Å². The highest BCUT2D eigenvalue weighted by atomic mass is 35.5. The van der Waals surface area contributed by atoms with Gasteiger partial charge in [-0.15, -0.1) is 11.8 Å². The van der Waals surface area contributed by atoms with Crippen LogP contribution in [-0.2, 0) is 6.54 Å². The Labute approximate surface area is 163 Å². The molecule has 6 heteroatoms. The van der Waals surface area contributed by atoms with Gasteiger partial charge >= 0.3 is 0 Å². The van der Waals surface area contributed by atoms with Crippen LogP contribution in [0, 0.1) is 0 Å². The number of benzene rings is 2. The van der Waals surface area contributed by atoms with Crippen molar-refractivity contribution in [2.24, 2.45) is 0 Å². The van der Waals surface area contributed by atoms with Gasteiger partial charge < -0.3 is 10.0 Å². The lowest BCUT2D eigenvalue weighted by Gasteiger charge is -2.34. The summed E-state index contributed by atoms with van der Waals surface area (Å²) in [6.07, 6.45) is 0. The van der Waals surface area contributed by atoms with Gasteiger partial charge in [-0.05, 0) is 42.0 Å². The van der Waals surface area contributed by atoms with E-state index < -0.39 is 0 Å². The van der Waals surface area contributed by atoms with Crippen molar-refractivity contribution >= 4 is 29.3 Å². The Kier molecular flexibility index (Phi) is 6.97. The minimum absolute atomic E-state index is 0.0925. The van der Waals surface area contributed by atoms with Gasteiger partial charge in [-0.2, -0.15) is 0 Å². The molecule has 3 rings (SSSR count). The fourth-order valence-electron chi connectivity index (χ4n) is 3.00. The summed E-state index contributed by atoms with van der Waals surface area (Å²) in [4.78, 5) is 18.0. The number of amides is 1. The summed E-state index contributed by atoms with van der Waals surface area (Å²) in [5.74, 6) is 0.762. The molecule has 0 bridgehead atoms. The third-order valence-corrected chi connectivity index (χ3v) is 5.68. The summed E-state index contributed by atoms with van der Waals surface area (Å²) in [6, 6.07) is 15.6. The van der Waals surface area contributed by atoms with Crippen LogP contribution in [0.15, 0.2) is 53.4 Å². The lowest BCUT2D eigenvalue weighted by molar-refractivity contribution is 0.0628. The van der Waals surface area contributed by atoms with Crippen LogP contribution < -0.4 is 0 Å². The zero-order valence-electron chi connectivity index (χ0n) is 14.6. The van der Waals surface area contributed by atoms with Crippen molar-refractivity contribution in [1.29, 1.82) is 0 Å². The molecule has 0 radical (unpaired) electrons. The van der Waals surface area contributed by atoms with E-state index in [2.05, 4.69) is 17.0 Å². The van der Waals surface area contributed by atoms with Gasteiger partial charge in [-0.3, -0.25) is 9.69 Å². The Morgan fingerprint density at radius 3 is 2.27 bits per heavy atom. The average Bonchev–Trinajstić information content (AvgIpc) is 2.68. The molecule has 1 saturated heterocycles. The molecule has 0 saturated carbocycles. The predicted octanol–water partition coefficient (Wildman–Crippen LogP) is 3.38. The number of carbonyl (C=O) groups is 1. The molecule has 2 aromatic rings. The Bertz CT molecular complexity index is 714. The number of nitrogens with zero attached hydrogens (tertiary/aromatic N) is 2. The van der Waals surface area contributed by atoms with Crippen molar-refractivity contribution in [1.82, 2.24) is 9.80 Å². The molecular weight excluding hydrogens is 368 g/mol. The fraction of sp³-hybridized carbons (Fsp3) is 0.350. The van der Waals surface area contributed by atoms with E-state index in [9.17, 15) is 4.79 Å². The number of carbonyl (C=O) groups excluding carboxylic acids is 1. The molecule has 0 spiro atoms. The quantitative estimate of drug-likeness (QED) is 0.768. The molecule has 138 valence electrons. The third kappa shape index (κ3) is 5.24. The molecular formula is C20H23ClN2O2S. The second-order valence-corrected chi connectivity index (χ2v) is 7.90. The number of hydrogen-bond acceptors (Lipinski definition) is 4. The maximum absolute atomic E-state index is 12.7. The van der Waals surface area contributed by atoms with E-state index in [1.54, 1.807) is 11.8 Å². The SMILES string of the molecule is O=C(c1ccc(SCCO)cc1)N1CCN(Cc2ccc(Cl)cc2)CC1. The second-order valence-electron chi connectivity index (χ2n) is 6.29. The van der Waals surface area contributed by atoms with E-state index in [1.165, 1.54) is 5.56 Å².